The molecule has 4 heteroatoms. The number of pyridine rings is 1. The third-order valence-electron chi connectivity index (χ3n) is 2.16. The third kappa shape index (κ3) is 4.57. The summed E-state index contributed by atoms with van der Waals surface area (Å²) >= 11 is 0. The van der Waals surface area contributed by atoms with Crippen molar-refractivity contribution >= 4 is 5.82 Å². The van der Waals surface area contributed by atoms with Gasteiger partial charge in [-0.05, 0) is 24.0 Å². The van der Waals surface area contributed by atoms with E-state index in [2.05, 4.69) is 31.1 Å². The van der Waals surface area contributed by atoms with E-state index in [-0.39, 0.29) is 23.1 Å². The van der Waals surface area contributed by atoms with Crippen molar-refractivity contribution in [1.82, 2.24) is 4.98 Å². The van der Waals surface area contributed by atoms with E-state index >= 15 is 0 Å². The minimum absolute atomic E-state index is 0.00130. The second-order valence-corrected chi connectivity index (χ2v) is 5.24. The topological polar surface area (TPSA) is 50.9 Å². The van der Waals surface area contributed by atoms with Crippen LogP contribution in [0.1, 0.15) is 27.2 Å². The highest BCUT2D eigenvalue weighted by molar-refractivity contribution is 5.35. The van der Waals surface area contributed by atoms with Crippen LogP contribution in [-0.4, -0.2) is 17.6 Å². The second-order valence-electron chi connectivity index (χ2n) is 5.24. The fraction of sp³-hybridized carbons (Fsp3) is 0.583. The molecule has 1 heterocycles. The van der Waals surface area contributed by atoms with Gasteiger partial charge in [-0.15, -0.1) is 0 Å². The monoisotopic (exact) mass is 225 g/mol. The minimum atomic E-state index is -0.342. The first-order valence-electron chi connectivity index (χ1n) is 5.48. The van der Waals surface area contributed by atoms with Gasteiger partial charge in [0.05, 0.1) is 0 Å². The Kier molecular flexibility index (Phi) is 4.24. The first-order valence-corrected chi connectivity index (χ1v) is 5.48. The molecule has 3 N–H and O–H groups in total. The largest absolute Gasteiger partial charge is 0.366 e. The molecular weight excluding hydrogens is 205 g/mol. The second kappa shape index (κ2) is 5.25. The molecule has 0 saturated carbocycles. The van der Waals surface area contributed by atoms with Crippen molar-refractivity contribution in [2.24, 2.45) is 11.1 Å². The van der Waals surface area contributed by atoms with E-state index in [1.54, 1.807) is 12.3 Å². The summed E-state index contributed by atoms with van der Waals surface area (Å²) in [6.45, 7) is 6.93. The predicted molar refractivity (Wildman–Crippen MR) is 64.7 cm³/mol. The molecule has 0 radical (unpaired) electrons. The molecule has 1 atom stereocenters. The zero-order chi connectivity index (χ0) is 12.2. The van der Waals surface area contributed by atoms with Gasteiger partial charge in [0, 0.05) is 18.8 Å². The molecule has 0 saturated heterocycles. The fourth-order valence-corrected chi connectivity index (χ4v) is 1.60. The van der Waals surface area contributed by atoms with Gasteiger partial charge in [-0.25, -0.2) is 9.37 Å². The lowest BCUT2D eigenvalue weighted by atomic mass is 9.88. The molecule has 1 aromatic rings. The van der Waals surface area contributed by atoms with Crippen LogP contribution in [0.3, 0.4) is 0 Å². The van der Waals surface area contributed by atoms with E-state index in [0.29, 0.717) is 6.54 Å². The average Bonchev–Trinajstić information content (AvgIpc) is 2.14. The van der Waals surface area contributed by atoms with E-state index < -0.39 is 0 Å². The third-order valence-corrected chi connectivity index (χ3v) is 2.16. The normalized spacial score (nSPS) is 13.6. The SMILES string of the molecule is CC(C)(C)CC(N)CNc1ncccc1F. The number of nitrogens with zero attached hydrogens (tertiary/aromatic N) is 1. The maximum absolute atomic E-state index is 13.2. The van der Waals surface area contributed by atoms with Crippen molar-refractivity contribution in [3.63, 3.8) is 0 Å². The molecule has 0 aliphatic heterocycles. The van der Waals surface area contributed by atoms with Crippen molar-refractivity contribution < 1.29 is 4.39 Å². The van der Waals surface area contributed by atoms with E-state index in [1.807, 2.05) is 0 Å². The number of nitrogens with two attached hydrogens (primary N) is 1. The van der Waals surface area contributed by atoms with Crippen LogP contribution in [0.25, 0.3) is 0 Å². The van der Waals surface area contributed by atoms with Crippen LogP contribution >= 0.6 is 0 Å². The average molecular weight is 225 g/mol. The lowest BCUT2D eigenvalue weighted by Crippen LogP contribution is -2.33. The Morgan fingerprint density at radius 1 is 1.50 bits per heavy atom. The first kappa shape index (κ1) is 12.9. The van der Waals surface area contributed by atoms with Gasteiger partial charge in [-0.3, -0.25) is 0 Å². The van der Waals surface area contributed by atoms with E-state index in [0.717, 1.165) is 6.42 Å². The van der Waals surface area contributed by atoms with Crippen LogP contribution in [-0.2, 0) is 0 Å². The van der Waals surface area contributed by atoms with Gasteiger partial charge in [0.15, 0.2) is 11.6 Å². The first-order chi connectivity index (χ1) is 7.38. The zero-order valence-corrected chi connectivity index (χ0v) is 10.1. The van der Waals surface area contributed by atoms with Gasteiger partial charge in [-0.2, -0.15) is 0 Å². The van der Waals surface area contributed by atoms with Crippen molar-refractivity contribution in [1.29, 1.82) is 0 Å². The van der Waals surface area contributed by atoms with Crippen LogP contribution < -0.4 is 11.1 Å². The van der Waals surface area contributed by atoms with Crippen LogP contribution in [0, 0.1) is 11.2 Å². The van der Waals surface area contributed by atoms with Gasteiger partial charge in [-0.1, -0.05) is 20.8 Å². The summed E-state index contributed by atoms with van der Waals surface area (Å²) in [5.41, 5.74) is 6.13. The highest BCUT2D eigenvalue weighted by Gasteiger charge is 2.15. The number of nitrogens with one attached hydrogen (secondary N) is 1. The number of halogens is 1. The maximum Gasteiger partial charge on any atom is 0.165 e. The van der Waals surface area contributed by atoms with Crippen LogP contribution in [0.5, 0.6) is 0 Å². The predicted octanol–water partition coefficient (Wildman–Crippen LogP) is 2.40. The van der Waals surface area contributed by atoms with E-state index in [4.69, 9.17) is 5.73 Å². The molecule has 0 aliphatic rings. The number of rotatable bonds is 4. The van der Waals surface area contributed by atoms with E-state index in [9.17, 15) is 4.39 Å². The minimum Gasteiger partial charge on any atom is -0.366 e. The van der Waals surface area contributed by atoms with Gasteiger partial charge in [0.1, 0.15) is 0 Å². The Morgan fingerprint density at radius 2 is 2.19 bits per heavy atom. The summed E-state index contributed by atoms with van der Waals surface area (Å²) < 4.78 is 13.2. The van der Waals surface area contributed by atoms with E-state index in [1.165, 1.54) is 6.07 Å². The van der Waals surface area contributed by atoms with Gasteiger partial charge in [0.25, 0.3) is 0 Å². The number of aromatic nitrogens is 1. The van der Waals surface area contributed by atoms with Crippen molar-refractivity contribution in [2.75, 3.05) is 11.9 Å². The number of hydrogen-bond donors (Lipinski definition) is 2. The Bertz CT molecular complexity index is 333. The van der Waals surface area contributed by atoms with Crippen molar-refractivity contribution in [2.45, 2.75) is 33.2 Å². The Labute approximate surface area is 96.3 Å². The highest BCUT2D eigenvalue weighted by atomic mass is 19.1. The van der Waals surface area contributed by atoms with Crippen LogP contribution in [0.4, 0.5) is 10.2 Å². The summed E-state index contributed by atoms with van der Waals surface area (Å²) in [6.07, 6.45) is 2.44. The maximum atomic E-state index is 13.2. The molecule has 1 unspecified atom stereocenters. The quantitative estimate of drug-likeness (QED) is 0.827. The molecule has 0 aromatic carbocycles. The standard InChI is InChI=1S/C12H20FN3/c1-12(2,3)7-9(14)8-16-11-10(13)5-4-6-15-11/h4-6,9H,7-8,14H2,1-3H3,(H,15,16). The lowest BCUT2D eigenvalue weighted by Gasteiger charge is -2.23. The molecule has 0 spiro atoms. The fourth-order valence-electron chi connectivity index (χ4n) is 1.60. The Morgan fingerprint density at radius 3 is 2.75 bits per heavy atom. The molecule has 90 valence electrons. The van der Waals surface area contributed by atoms with Crippen LogP contribution in [0.2, 0.25) is 0 Å². The Balaban J connectivity index is 2.43. The van der Waals surface area contributed by atoms with Gasteiger partial charge < -0.3 is 11.1 Å². The summed E-state index contributed by atoms with van der Waals surface area (Å²) in [5, 5.41) is 2.92. The molecular formula is C12H20FN3. The van der Waals surface area contributed by atoms with Crippen molar-refractivity contribution in [3.05, 3.63) is 24.1 Å². The summed E-state index contributed by atoms with van der Waals surface area (Å²) in [6, 6.07) is 2.95. The van der Waals surface area contributed by atoms with Gasteiger partial charge in [0.2, 0.25) is 0 Å². The molecule has 3 nitrogen and oxygen atoms in total. The number of hydrogen-bond acceptors (Lipinski definition) is 3. The molecule has 1 aromatic heterocycles. The molecule has 0 bridgehead atoms. The Hall–Kier alpha value is -1.16. The summed E-state index contributed by atoms with van der Waals surface area (Å²) in [5.74, 6) is -0.0719. The van der Waals surface area contributed by atoms with Crippen molar-refractivity contribution in [3.8, 4) is 0 Å². The zero-order valence-electron chi connectivity index (χ0n) is 10.1. The molecule has 0 amide bonds. The molecule has 16 heavy (non-hydrogen) atoms. The molecule has 0 aliphatic carbocycles. The van der Waals surface area contributed by atoms with Crippen LogP contribution in [0.15, 0.2) is 18.3 Å². The lowest BCUT2D eigenvalue weighted by molar-refractivity contribution is 0.344. The summed E-state index contributed by atoms with van der Waals surface area (Å²) in [4.78, 5) is 3.91. The smallest absolute Gasteiger partial charge is 0.165 e. The van der Waals surface area contributed by atoms with Gasteiger partial charge >= 0.3 is 0 Å². The molecule has 0 fully saturated rings. The highest BCUT2D eigenvalue weighted by Crippen LogP contribution is 2.20. The number of anilines is 1. The summed E-state index contributed by atoms with van der Waals surface area (Å²) in [7, 11) is 0. The molecule has 1 rings (SSSR count).